The molecule has 0 bridgehead atoms. The van der Waals surface area contributed by atoms with Crippen molar-refractivity contribution in [1.29, 1.82) is 0 Å². The largest absolute Gasteiger partial charge is 0.347 e. The van der Waals surface area contributed by atoms with Crippen molar-refractivity contribution in [2.45, 2.75) is 18.3 Å². The van der Waals surface area contributed by atoms with Gasteiger partial charge in [0, 0.05) is 0 Å². The zero-order valence-corrected chi connectivity index (χ0v) is 9.31. The number of allylic oxidation sites excluding steroid dienone is 2. The number of rotatable bonds is 3. The average molecular weight is 230 g/mol. The highest BCUT2D eigenvalue weighted by Gasteiger charge is 2.21. The van der Waals surface area contributed by atoms with Crippen LogP contribution < -0.4 is 0 Å². The first kappa shape index (κ1) is 12.3. The molecule has 1 aliphatic carbocycles. The topological polar surface area (TPSA) is 49.7 Å². The standard InChI is InChI=1S/C8H12BO3PS/c9-7-2-1-6(3-4-13(10)11)5-8(7)12-14/h1-4,6-8,10-11,14H,5H2/b4-3+. The predicted octanol–water partition coefficient (Wildman–Crippen LogP) is 1.56. The van der Waals surface area contributed by atoms with Crippen LogP contribution in [0.15, 0.2) is 24.0 Å². The molecule has 0 aromatic rings. The van der Waals surface area contributed by atoms with Gasteiger partial charge in [0.2, 0.25) is 0 Å². The molecule has 76 valence electrons. The number of hydrogen-bond donors (Lipinski definition) is 3. The van der Waals surface area contributed by atoms with Crippen LogP contribution in [0.25, 0.3) is 0 Å². The van der Waals surface area contributed by atoms with Crippen LogP contribution in [0.3, 0.4) is 0 Å². The fourth-order valence-electron chi connectivity index (χ4n) is 1.34. The second kappa shape index (κ2) is 5.94. The first-order chi connectivity index (χ1) is 6.63. The minimum absolute atomic E-state index is 0.124. The third-order valence-corrected chi connectivity index (χ3v) is 2.83. The van der Waals surface area contributed by atoms with Crippen molar-refractivity contribution in [3.05, 3.63) is 24.0 Å². The maximum absolute atomic E-state index is 8.70. The Balaban J connectivity index is 2.53. The van der Waals surface area contributed by atoms with E-state index >= 15 is 0 Å². The smallest absolute Gasteiger partial charge is 0.191 e. The third-order valence-electron chi connectivity index (χ3n) is 2.12. The molecule has 0 aliphatic heterocycles. The van der Waals surface area contributed by atoms with Gasteiger partial charge in [0.25, 0.3) is 0 Å². The normalized spacial score (nSPS) is 33.0. The molecule has 0 aromatic carbocycles. The van der Waals surface area contributed by atoms with Crippen molar-refractivity contribution in [1.82, 2.24) is 0 Å². The van der Waals surface area contributed by atoms with Gasteiger partial charge in [0.15, 0.2) is 8.38 Å². The van der Waals surface area contributed by atoms with E-state index in [0.29, 0.717) is 6.42 Å². The van der Waals surface area contributed by atoms with Crippen molar-refractivity contribution < 1.29 is 14.0 Å². The quantitative estimate of drug-likeness (QED) is 0.227. The summed E-state index contributed by atoms with van der Waals surface area (Å²) >= 11 is 3.74. The molecular formula is C8H12BO3PS. The second-order valence-electron chi connectivity index (χ2n) is 3.17. The fraction of sp³-hybridized carbons (Fsp3) is 0.500. The van der Waals surface area contributed by atoms with Crippen LogP contribution in [-0.4, -0.2) is 23.7 Å². The second-order valence-corrected chi connectivity index (χ2v) is 4.32. The maximum Gasteiger partial charge on any atom is 0.191 e. The van der Waals surface area contributed by atoms with Crippen LogP contribution in [0.5, 0.6) is 0 Å². The average Bonchev–Trinajstić information content (AvgIpc) is 2.16. The van der Waals surface area contributed by atoms with E-state index in [0.717, 1.165) is 0 Å². The lowest BCUT2D eigenvalue weighted by Gasteiger charge is -2.26. The summed E-state index contributed by atoms with van der Waals surface area (Å²) in [6.45, 7) is 0. The lowest BCUT2D eigenvalue weighted by Crippen LogP contribution is -2.21. The van der Waals surface area contributed by atoms with Crippen molar-refractivity contribution in [3.63, 3.8) is 0 Å². The van der Waals surface area contributed by atoms with Gasteiger partial charge in [-0.25, -0.2) is 0 Å². The molecule has 0 fully saturated rings. The summed E-state index contributed by atoms with van der Waals surface area (Å²) in [4.78, 5) is 17.4. The van der Waals surface area contributed by atoms with Gasteiger partial charge >= 0.3 is 0 Å². The highest BCUT2D eigenvalue weighted by Crippen LogP contribution is 2.31. The summed E-state index contributed by atoms with van der Waals surface area (Å²) in [5.41, 5.74) is 0. The summed E-state index contributed by atoms with van der Waals surface area (Å²) in [5, 5.41) is 0. The minimum atomic E-state index is -1.96. The van der Waals surface area contributed by atoms with Gasteiger partial charge in [-0.3, -0.25) is 0 Å². The van der Waals surface area contributed by atoms with E-state index in [9.17, 15) is 0 Å². The lowest BCUT2D eigenvalue weighted by atomic mass is 9.75. The Morgan fingerprint density at radius 2 is 2.21 bits per heavy atom. The van der Waals surface area contributed by atoms with Gasteiger partial charge in [0.1, 0.15) is 0 Å². The van der Waals surface area contributed by atoms with Crippen LogP contribution in [0, 0.1) is 5.92 Å². The Bertz CT molecular complexity index is 235. The summed E-state index contributed by atoms with van der Waals surface area (Å²) < 4.78 is 4.91. The molecule has 0 aromatic heterocycles. The first-order valence-electron chi connectivity index (χ1n) is 4.23. The number of thiol groups is 1. The van der Waals surface area contributed by atoms with Gasteiger partial charge in [-0.2, -0.15) is 0 Å². The Morgan fingerprint density at radius 1 is 1.50 bits per heavy atom. The van der Waals surface area contributed by atoms with Crippen LogP contribution in [0.2, 0.25) is 5.82 Å². The number of hydrogen-bond acceptors (Lipinski definition) is 4. The molecule has 1 aliphatic rings. The molecule has 3 nitrogen and oxygen atoms in total. The third kappa shape index (κ3) is 3.75. The van der Waals surface area contributed by atoms with E-state index in [1.54, 1.807) is 6.08 Å². The molecule has 3 unspecified atom stereocenters. The molecule has 0 saturated carbocycles. The summed E-state index contributed by atoms with van der Waals surface area (Å²) in [6.07, 6.45) is 6.11. The van der Waals surface area contributed by atoms with Crippen molar-refractivity contribution in [3.8, 4) is 0 Å². The van der Waals surface area contributed by atoms with Crippen molar-refractivity contribution >= 4 is 29.1 Å². The van der Waals surface area contributed by atoms with Crippen molar-refractivity contribution in [2.75, 3.05) is 0 Å². The molecule has 6 heteroatoms. The molecule has 14 heavy (non-hydrogen) atoms. The highest BCUT2D eigenvalue weighted by molar-refractivity contribution is 7.75. The highest BCUT2D eigenvalue weighted by atomic mass is 32.1. The minimum Gasteiger partial charge on any atom is -0.347 e. The van der Waals surface area contributed by atoms with E-state index < -0.39 is 8.38 Å². The molecular weight excluding hydrogens is 218 g/mol. The Hall–Kier alpha value is 0.205. The summed E-state index contributed by atoms with van der Waals surface area (Å²) in [5.74, 6) is 1.38. The van der Waals surface area contributed by atoms with Gasteiger partial charge in [-0.05, 0) is 36.9 Å². The Morgan fingerprint density at radius 3 is 2.79 bits per heavy atom. The van der Waals surface area contributed by atoms with Gasteiger partial charge in [-0.15, -0.1) is 0 Å². The van der Waals surface area contributed by atoms with E-state index in [-0.39, 0.29) is 17.8 Å². The van der Waals surface area contributed by atoms with Gasteiger partial charge < -0.3 is 14.0 Å². The van der Waals surface area contributed by atoms with E-state index in [2.05, 4.69) is 12.9 Å². The van der Waals surface area contributed by atoms with Gasteiger partial charge in [0.05, 0.1) is 14.0 Å². The molecule has 0 saturated heterocycles. The molecule has 0 spiro atoms. The lowest BCUT2D eigenvalue weighted by molar-refractivity contribution is 0.221. The van der Waals surface area contributed by atoms with Crippen LogP contribution in [-0.2, 0) is 4.18 Å². The zero-order chi connectivity index (χ0) is 10.6. The van der Waals surface area contributed by atoms with Crippen LogP contribution >= 0.6 is 21.3 Å². The fourth-order valence-corrected chi connectivity index (χ4v) is 1.94. The Labute approximate surface area is 91.8 Å². The first-order valence-corrected chi connectivity index (χ1v) is 5.91. The SMILES string of the molecule is [B]C1C=CC(/C=C/P(O)O)CC1OS. The summed E-state index contributed by atoms with van der Waals surface area (Å²) in [7, 11) is 3.77. The maximum atomic E-state index is 8.70. The van der Waals surface area contributed by atoms with E-state index in [1.165, 1.54) is 5.82 Å². The molecule has 2 N–H and O–H groups in total. The summed E-state index contributed by atoms with van der Waals surface area (Å²) in [6, 6.07) is 0. The molecule has 0 amide bonds. The Kier molecular flexibility index (Phi) is 5.20. The van der Waals surface area contributed by atoms with Crippen LogP contribution in [0.1, 0.15) is 6.42 Å². The van der Waals surface area contributed by atoms with Crippen LogP contribution in [0.4, 0.5) is 0 Å². The van der Waals surface area contributed by atoms with Crippen molar-refractivity contribution in [2.24, 2.45) is 5.92 Å². The monoisotopic (exact) mass is 230 g/mol. The zero-order valence-electron chi connectivity index (χ0n) is 7.52. The molecule has 2 radical (unpaired) electrons. The van der Waals surface area contributed by atoms with E-state index in [1.807, 2.05) is 12.2 Å². The predicted molar refractivity (Wildman–Crippen MR) is 61.1 cm³/mol. The van der Waals surface area contributed by atoms with Gasteiger partial charge in [-0.1, -0.05) is 18.2 Å². The molecule has 1 rings (SSSR count). The molecule has 0 heterocycles. The molecule has 3 atom stereocenters. The van der Waals surface area contributed by atoms with E-state index in [4.69, 9.17) is 21.8 Å².